The van der Waals surface area contributed by atoms with Gasteiger partial charge in [-0.25, -0.2) is 8.42 Å². The molecular formula is C23H30F3N3O5S2. The first-order valence-corrected chi connectivity index (χ1v) is 13.9. The van der Waals surface area contributed by atoms with E-state index >= 15 is 0 Å². The van der Waals surface area contributed by atoms with E-state index in [1.165, 1.54) is 28.6 Å². The zero-order valence-corrected chi connectivity index (χ0v) is 21.4. The quantitative estimate of drug-likeness (QED) is 0.547. The molecule has 0 amide bonds. The molecule has 0 saturated carbocycles. The fraction of sp³-hybridized carbons (Fsp3) is 0.565. The third kappa shape index (κ3) is 5.57. The molecule has 0 bridgehead atoms. The second-order valence-electron chi connectivity index (χ2n) is 9.19. The molecule has 3 heterocycles. The molecular weight excluding hydrogens is 519 g/mol. The van der Waals surface area contributed by atoms with E-state index in [1.807, 2.05) is 4.90 Å². The van der Waals surface area contributed by atoms with Gasteiger partial charge in [0.2, 0.25) is 0 Å². The number of piperazine rings is 1. The maximum atomic E-state index is 13.3. The number of halogens is 3. The van der Waals surface area contributed by atoms with Gasteiger partial charge in [-0.1, -0.05) is 18.2 Å². The normalized spacial score (nSPS) is 24.6. The lowest BCUT2D eigenvalue weighted by Crippen LogP contribution is -2.59. The Hall–Kier alpha value is -1.74. The first-order chi connectivity index (χ1) is 16.9. The van der Waals surface area contributed by atoms with Crippen molar-refractivity contribution in [3.8, 4) is 0 Å². The van der Waals surface area contributed by atoms with Crippen LogP contribution in [0.1, 0.15) is 12.5 Å². The molecule has 36 heavy (non-hydrogen) atoms. The van der Waals surface area contributed by atoms with Gasteiger partial charge in [0.05, 0.1) is 25.4 Å². The number of thiophene rings is 1. The molecule has 8 nitrogen and oxygen atoms in total. The number of hydrogen-bond acceptors (Lipinski definition) is 8. The van der Waals surface area contributed by atoms with E-state index < -0.39 is 21.8 Å². The maximum absolute atomic E-state index is 13.3. The van der Waals surface area contributed by atoms with Crippen LogP contribution in [0.15, 0.2) is 46.0 Å². The number of ether oxygens (including phenoxy) is 1. The monoisotopic (exact) mass is 549 g/mol. The molecule has 2 aliphatic rings. The molecule has 2 aromatic rings. The SMILES string of the molecule is C[C@@](O)(c1ccc(N2CCN(S(=O)(=O)c3cccs3)C[C@@H]2CN2CCO[C@@H](CO)C2)cc1)C(F)(F)F. The Balaban J connectivity index is 1.59. The molecule has 0 spiro atoms. The van der Waals surface area contributed by atoms with E-state index in [9.17, 15) is 31.8 Å². The number of aliphatic hydroxyl groups excluding tert-OH is 1. The van der Waals surface area contributed by atoms with E-state index in [1.54, 1.807) is 17.5 Å². The smallest absolute Gasteiger partial charge is 0.394 e. The molecule has 2 N–H and O–H groups in total. The number of aliphatic hydroxyl groups is 2. The molecule has 4 rings (SSSR count). The highest BCUT2D eigenvalue weighted by atomic mass is 32.2. The topological polar surface area (TPSA) is 93.6 Å². The highest BCUT2D eigenvalue weighted by molar-refractivity contribution is 7.91. The van der Waals surface area contributed by atoms with Gasteiger partial charge in [-0.05, 0) is 36.1 Å². The molecule has 13 heteroatoms. The second-order valence-corrected chi connectivity index (χ2v) is 12.3. The zero-order valence-electron chi connectivity index (χ0n) is 19.8. The van der Waals surface area contributed by atoms with Gasteiger partial charge in [0.1, 0.15) is 4.21 Å². The van der Waals surface area contributed by atoms with Crippen molar-refractivity contribution in [1.82, 2.24) is 9.21 Å². The van der Waals surface area contributed by atoms with Crippen LogP contribution in [0.2, 0.25) is 0 Å². The van der Waals surface area contributed by atoms with Crippen molar-refractivity contribution >= 4 is 27.0 Å². The zero-order chi connectivity index (χ0) is 26.1. The van der Waals surface area contributed by atoms with Crippen molar-refractivity contribution in [3.63, 3.8) is 0 Å². The number of sulfonamides is 1. The van der Waals surface area contributed by atoms with Crippen LogP contribution in [-0.4, -0.2) is 98.6 Å². The Kier molecular flexibility index (Phi) is 8.01. The summed E-state index contributed by atoms with van der Waals surface area (Å²) in [6.45, 7) is 3.40. The number of benzene rings is 1. The molecule has 0 radical (unpaired) electrons. The maximum Gasteiger partial charge on any atom is 0.421 e. The summed E-state index contributed by atoms with van der Waals surface area (Å²) in [7, 11) is -3.67. The summed E-state index contributed by atoms with van der Waals surface area (Å²) in [4.78, 5) is 4.10. The molecule has 2 fully saturated rings. The Morgan fingerprint density at radius 3 is 2.44 bits per heavy atom. The second kappa shape index (κ2) is 10.6. The van der Waals surface area contributed by atoms with Crippen molar-refractivity contribution in [3.05, 3.63) is 47.3 Å². The van der Waals surface area contributed by atoms with E-state index in [2.05, 4.69) is 4.90 Å². The minimum atomic E-state index is -4.82. The Bertz CT molecular complexity index is 1110. The minimum Gasteiger partial charge on any atom is -0.394 e. The van der Waals surface area contributed by atoms with Gasteiger partial charge >= 0.3 is 6.18 Å². The van der Waals surface area contributed by atoms with Crippen LogP contribution in [-0.2, 0) is 20.4 Å². The average molecular weight is 550 g/mol. The largest absolute Gasteiger partial charge is 0.421 e. The van der Waals surface area contributed by atoms with Crippen LogP contribution in [0.3, 0.4) is 0 Å². The molecule has 1 aromatic heterocycles. The van der Waals surface area contributed by atoms with Crippen LogP contribution in [0, 0.1) is 0 Å². The number of nitrogens with zero attached hydrogens (tertiary/aromatic N) is 3. The number of alkyl halides is 3. The van der Waals surface area contributed by atoms with Gasteiger partial charge in [-0.15, -0.1) is 11.3 Å². The fourth-order valence-corrected chi connectivity index (χ4v) is 7.19. The van der Waals surface area contributed by atoms with Gasteiger partial charge in [0, 0.05) is 45.0 Å². The predicted molar refractivity (Wildman–Crippen MR) is 130 cm³/mol. The van der Waals surface area contributed by atoms with Gasteiger partial charge in [-0.3, -0.25) is 4.90 Å². The van der Waals surface area contributed by atoms with E-state index in [0.717, 1.165) is 18.3 Å². The Morgan fingerprint density at radius 1 is 1.11 bits per heavy atom. The first kappa shape index (κ1) is 27.3. The molecule has 2 saturated heterocycles. The third-order valence-electron chi connectivity index (χ3n) is 6.74. The number of anilines is 1. The fourth-order valence-electron chi connectivity index (χ4n) is 4.57. The number of morpholine rings is 1. The summed E-state index contributed by atoms with van der Waals surface area (Å²) in [6, 6.07) is 8.53. The van der Waals surface area contributed by atoms with Crippen molar-refractivity contribution in [2.24, 2.45) is 0 Å². The van der Waals surface area contributed by atoms with Gasteiger partial charge in [0.25, 0.3) is 10.0 Å². The summed E-state index contributed by atoms with van der Waals surface area (Å²) in [5, 5.41) is 21.2. The summed E-state index contributed by atoms with van der Waals surface area (Å²) in [5.74, 6) is 0. The molecule has 2 aliphatic heterocycles. The van der Waals surface area contributed by atoms with Crippen molar-refractivity contribution in [1.29, 1.82) is 0 Å². The molecule has 200 valence electrons. The standard InChI is InChI=1S/C23H30F3N3O5S2/c1-22(31,23(24,25)26)17-4-6-18(7-5-17)29-9-8-28(36(32,33)21-3-2-12-35-21)14-19(29)13-27-10-11-34-20(15-27)16-30/h2-7,12,19-20,30-31H,8-11,13-16H2,1H3/t19-,20+,22+/m0/s1. The van der Waals surface area contributed by atoms with Crippen molar-refractivity contribution in [2.45, 2.75) is 35.1 Å². The third-order valence-corrected chi connectivity index (χ3v) is 9.98. The van der Waals surface area contributed by atoms with Gasteiger partial charge in [-0.2, -0.15) is 17.5 Å². The van der Waals surface area contributed by atoms with Gasteiger partial charge < -0.3 is 19.8 Å². The Labute approximate surface area is 212 Å². The summed E-state index contributed by atoms with van der Waals surface area (Å²) < 4.78 is 73.5. The molecule has 0 unspecified atom stereocenters. The lowest BCUT2D eigenvalue weighted by atomic mass is 9.95. The van der Waals surface area contributed by atoms with Crippen LogP contribution in [0.4, 0.5) is 18.9 Å². The molecule has 0 aliphatic carbocycles. The average Bonchev–Trinajstić information content (AvgIpc) is 3.40. The van der Waals surface area contributed by atoms with Gasteiger partial charge in [0.15, 0.2) is 5.60 Å². The highest BCUT2D eigenvalue weighted by Crippen LogP contribution is 2.39. The van der Waals surface area contributed by atoms with Crippen LogP contribution in [0.5, 0.6) is 0 Å². The van der Waals surface area contributed by atoms with E-state index in [0.29, 0.717) is 38.5 Å². The van der Waals surface area contributed by atoms with E-state index in [4.69, 9.17) is 4.74 Å². The molecule has 1 aromatic carbocycles. The highest BCUT2D eigenvalue weighted by Gasteiger charge is 2.51. The van der Waals surface area contributed by atoms with Crippen molar-refractivity contribution < 1.29 is 36.5 Å². The lowest BCUT2D eigenvalue weighted by Gasteiger charge is -2.45. The van der Waals surface area contributed by atoms with Crippen LogP contribution in [0.25, 0.3) is 0 Å². The number of hydrogen-bond donors (Lipinski definition) is 2. The van der Waals surface area contributed by atoms with Crippen LogP contribution < -0.4 is 4.90 Å². The number of rotatable bonds is 7. The lowest BCUT2D eigenvalue weighted by molar-refractivity contribution is -0.258. The summed E-state index contributed by atoms with van der Waals surface area (Å²) >= 11 is 1.15. The summed E-state index contributed by atoms with van der Waals surface area (Å²) in [5.41, 5.74) is -2.61. The molecule has 3 atom stereocenters. The summed E-state index contributed by atoms with van der Waals surface area (Å²) in [6.07, 6.45) is -5.15. The van der Waals surface area contributed by atoms with Crippen LogP contribution >= 0.6 is 11.3 Å². The van der Waals surface area contributed by atoms with E-state index in [-0.39, 0.29) is 41.6 Å². The minimum absolute atomic E-state index is 0.121. The Morgan fingerprint density at radius 2 is 1.83 bits per heavy atom. The van der Waals surface area contributed by atoms with Crippen molar-refractivity contribution in [2.75, 3.05) is 57.4 Å². The first-order valence-electron chi connectivity index (χ1n) is 11.6. The predicted octanol–water partition coefficient (Wildman–Crippen LogP) is 2.09.